The molecule has 5 nitrogen and oxygen atoms in total. The maximum Gasteiger partial charge on any atom is 0.229 e. The van der Waals surface area contributed by atoms with Gasteiger partial charge in [-0.05, 0) is 36.4 Å². The summed E-state index contributed by atoms with van der Waals surface area (Å²) < 4.78 is 32.7. The standard InChI is InChI=1S/C17H13ClF2N4O/c1-25-14-6-5-10(18)9-13(14)22-17-21-8-7-15(24-17)23-16-11(19)3-2-4-12(16)20/h2-9H,1H3,(H2,21,22,23,24). The smallest absolute Gasteiger partial charge is 0.229 e. The van der Waals surface area contributed by atoms with Gasteiger partial charge in [0.25, 0.3) is 0 Å². The minimum Gasteiger partial charge on any atom is -0.495 e. The van der Waals surface area contributed by atoms with Gasteiger partial charge in [-0.3, -0.25) is 0 Å². The van der Waals surface area contributed by atoms with E-state index < -0.39 is 11.6 Å². The zero-order valence-corrected chi connectivity index (χ0v) is 13.8. The van der Waals surface area contributed by atoms with Gasteiger partial charge >= 0.3 is 0 Å². The van der Waals surface area contributed by atoms with Crippen LogP contribution in [0.15, 0.2) is 48.7 Å². The predicted molar refractivity (Wildman–Crippen MR) is 93.0 cm³/mol. The van der Waals surface area contributed by atoms with E-state index in [0.29, 0.717) is 16.5 Å². The summed E-state index contributed by atoms with van der Waals surface area (Å²) in [5.41, 5.74) is 0.275. The van der Waals surface area contributed by atoms with Crippen LogP contribution in [-0.2, 0) is 0 Å². The number of hydrogen-bond donors (Lipinski definition) is 2. The number of methoxy groups -OCH3 is 1. The Bertz CT molecular complexity index is 887. The summed E-state index contributed by atoms with van der Waals surface area (Å²) in [6.07, 6.45) is 1.45. The van der Waals surface area contributed by atoms with E-state index in [-0.39, 0.29) is 17.5 Å². The molecule has 0 fully saturated rings. The SMILES string of the molecule is COc1ccc(Cl)cc1Nc1nccc(Nc2c(F)cccc2F)n1. The third kappa shape index (κ3) is 3.95. The number of benzene rings is 2. The molecule has 0 radical (unpaired) electrons. The van der Waals surface area contributed by atoms with Crippen molar-refractivity contribution < 1.29 is 13.5 Å². The number of rotatable bonds is 5. The zero-order valence-electron chi connectivity index (χ0n) is 13.1. The minimum atomic E-state index is -0.718. The van der Waals surface area contributed by atoms with E-state index in [1.807, 2.05) is 0 Å². The Labute approximate surface area is 147 Å². The second kappa shape index (κ2) is 7.31. The van der Waals surface area contributed by atoms with E-state index >= 15 is 0 Å². The van der Waals surface area contributed by atoms with E-state index in [1.54, 1.807) is 18.2 Å². The summed E-state index contributed by atoms with van der Waals surface area (Å²) in [6.45, 7) is 0. The van der Waals surface area contributed by atoms with Gasteiger partial charge in [0.2, 0.25) is 5.95 Å². The normalized spacial score (nSPS) is 10.4. The molecule has 0 bridgehead atoms. The van der Waals surface area contributed by atoms with E-state index in [0.717, 1.165) is 12.1 Å². The first kappa shape index (κ1) is 16.9. The van der Waals surface area contributed by atoms with Gasteiger partial charge in [-0.1, -0.05) is 17.7 Å². The van der Waals surface area contributed by atoms with Gasteiger partial charge in [0.1, 0.15) is 28.9 Å². The van der Waals surface area contributed by atoms with Crippen molar-refractivity contribution in [2.75, 3.05) is 17.7 Å². The molecule has 0 spiro atoms. The second-order valence-electron chi connectivity index (χ2n) is 4.96. The number of anilines is 4. The Hall–Kier alpha value is -2.93. The average Bonchev–Trinajstić information content (AvgIpc) is 2.59. The fraction of sp³-hybridized carbons (Fsp3) is 0.0588. The Balaban J connectivity index is 1.86. The summed E-state index contributed by atoms with van der Waals surface area (Å²) in [5.74, 6) is -0.453. The van der Waals surface area contributed by atoms with Crippen molar-refractivity contribution in [2.24, 2.45) is 0 Å². The monoisotopic (exact) mass is 362 g/mol. The molecule has 1 heterocycles. The zero-order chi connectivity index (χ0) is 17.8. The number of para-hydroxylation sites is 1. The van der Waals surface area contributed by atoms with Crippen molar-refractivity contribution in [1.29, 1.82) is 0 Å². The van der Waals surface area contributed by atoms with Crippen LogP contribution in [0.5, 0.6) is 5.75 Å². The molecule has 3 aromatic rings. The van der Waals surface area contributed by atoms with Gasteiger partial charge in [-0.2, -0.15) is 4.98 Å². The van der Waals surface area contributed by atoms with Gasteiger partial charge in [-0.25, -0.2) is 13.8 Å². The summed E-state index contributed by atoms with van der Waals surface area (Å²) >= 11 is 5.98. The maximum absolute atomic E-state index is 13.7. The van der Waals surface area contributed by atoms with E-state index in [1.165, 1.54) is 25.4 Å². The Morgan fingerprint density at radius 2 is 1.80 bits per heavy atom. The molecule has 0 amide bonds. The minimum absolute atomic E-state index is 0.210. The Kier molecular flexibility index (Phi) is 4.95. The predicted octanol–water partition coefficient (Wildman–Crippen LogP) is 4.90. The van der Waals surface area contributed by atoms with Crippen molar-refractivity contribution in [2.45, 2.75) is 0 Å². The van der Waals surface area contributed by atoms with Gasteiger partial charge in [0.15, 0.2) is 0 Å². The molecular weight excluding hydrogens is 350 g/mol. The summed E-state index contributed by atoms with van der Waals surface area (Å²) in [4.78, 5) is 8.26. The molecule has 0 aliphatic carbocycles. The highest BCUT2D eigenvalue weighted by Crippen LogP contribution is 2.30. The van der Waals surface area contributed by atoms with Crippen molar-refractivity contribution in [3.05, 3.63) is 65.3 Å². The lowest BCUT2D eigenvalue weighted by Gasteiger charge is -2.12. The summed E-state index contributed by atoms with van der Waals surface area (Å²) in [5, 5.41) is 6.07. The summed E-state index contributed by atoms with van der Waals surface area (Å²) in [6, 6.07) is 10.1. The third-order valence-corrected chi connectivity index (χ3v) is 3.51. The number of nitrogens with zero attached hydrogens (tertiary/aromatic N) is 2. The van der Waals surface area contributed by atoms with E-state index in [9.17, 15) is 8.78 Å². The fourth-order valence-corrected chi connectivity index (χ4v) is 2.30. The van der Waals surface area contributed by atoms with Crippen LogP contribution >= 0.6 is 11.6 Å². The maximum atomic E-state index is 13.7. The molecule has 0 unspecified atom stereocenters. The number of nitrogens with one attached hydrogen (secondary N) is 2. The molecule has 2 aromatic carbocycles. The molecule has 2 N–H and O–H groups in total. The highest BCUT2D eigenvalue weighted by molar-refractivity contribution is 6.31. The molecule has 25 heavy (non-hydrogen) atoms. The highest BCUT2D eigenvalue weighted by atomic mass is 35.5. The number of hydrogen-bond acceptors (Lipinski definition) is 5. The molecule has 8 heteroatoms. The molecule has 0 saturated carbocycles. The van der Waals surface area contributed by atoms with Gasteiger partial charge in [-0.15, -0.1) is 0 Å². The largest absolute Gasteiger partial charge is 0.495 e. The highest BCUT2D eigenvalue weighted by Gasteiger charge is 2.11. The van der Waals surface area contributed by atoms with Gasteiger partial charge < -0.3 is 15.4 Å². The van der Waals surface area contributed by atoms with E-state index in [4.69, 9.17) is 16.3 Å². The molecule has 0 saturated heterocycles. The molecular formula is C17H13ClF2N4O. The lowest BCUT2D eigenvalue weighted by atomic mass is 10.3. The van der Waals surface area contributed by atoms with Crippen LogP contribution in [0.2, 0.25) is 5.02 Å². The van der Waals surface area contributed by atoms with Crippen LogP contribution < -0.4 is 15.4 Å². The molecule has 0 aliphatic heterocycles. The molecule has 0 aliphatic rings. The average molecular weight is 363 g/mol. The Morgan fingerprint density at radius 3 is 2.52 bits per heavy atom. The van der Waals surface area contributed by atoms with Crippen molar-refractivity contribution in [3.63, 3.8) is 0 Å². The Morgan fingerprint density at radius 1 is 1.04 bits per heavy atom. The van der Waals surface area contributed by atoms with Crippen LogP contribution in [0, 0.1) is 11.6 Å². The van der Waals surface area contributed by atoms with E-state index in [2.05, 4.69) is 20.6 Å². The van der Waals surface area contributed by atoms with Crippen LogP contribution in [0.4, 0.5) is 31.9 Å². The lowest BCUT2D eigenvalue weighted by Crippen LogP contribution is -2.03. The molecule has 0 atom stereocenters. The fourth-order valence-electron chi connectivity index (χ4n) is 2.13. The topological polar surface area (TPSA) is 59.1 Å². The van der Waals surface area contributed by atoms with Crippen LogP contribution in [0.1, 0.15) is 0 Å². The first-order valence-electron chi connectivity index (χ1n) is 7.21. The quantitative estimate of drug-likeness (QED) is 0.675. The van der Waals surface area contributed by atoms with Crippen LogP contribution in [0.25, 0.3) is 0 Å². The molecule has 3 rings (SSSR count). The molecule has 128 valence electrons. The van der Waals surface area contributed by atoms with Crippen LogP contribution in [0.3, 0.4) is 0 Å². The first-order chi connectivity index (χ1) is 12.1. The lowest BCUT2D eigenvalue weighted by molar-refractivity contribution is 0.417. The van der Waals surface area contributed by atoms with Crippen molar-refractivity contribution >= 4 is 34.7 Å². The first-order valence-corrected chi connectivity index (χ1v) is 7.59. The van der Waals surface area contributed by atoms with Gasteiger partial charge in [0.05, 0.1) is 12.8 Å². The second-order valence-corrected chi connectivity index (χ2v) is 5.39. The van der Waals surface area contributed by atoms with Crippen molar-refractivity contribution in [3.8, 4) is 5.75 Å². The number of halogens is 3. The third-order valence-electron chi connectivity index (χ3n) is 3.28. The number of aromatic nitrogens is 2. The van der Waals surface area contributed by atoms with Gasteiger partial charge in [0, 0.05) is 11.2 Å². The number of ether oxygens (including phenoxy) is 1. The molecule has 1 aromatic heterocycles. The van der Waals surface area contributed by atoms with Crippen molar-refractivity contribution in [1.82, 2.24) is 9.97 Å². The summed E-state index contributed by atoms with van der Waals surface area (Å²) in [7, 11) is 1.52. The van der Waals surface area contributed by atoms with Crippen LogP contribution in [-0.4, -0.2) is 17.1 Å².